The summed E-state index contributed by atoms with van der Waals surface area (Å²) in [7, 11) is 0. The first-order valence-electron chi connectivity index (χ1n) is 8.47. The van der Waals surface area contributed by atoms with Crippen LogP contribution in [-0.4, -0.2) is 6.54 Å². The van der Waals surface area contributed by atoms with Gasteiger partial charge in [-0.3, -0.25) is 0 Å². The lowest BCUT2D eigenvalue weighted by Crippen LogP contribution is -2.26. The van der Waals surface area contributed by atoms with E-state index in [9.17, 15) is 0 Å². The standard InChI is InChI=1S/C18H29NS/c1-4-7-19-18(17-8-12(2)20-13(17)3)11-16-10-14-5-6-15(16)9-14/h8,14-16,18-19H,4-7,9-11H2,1-3H3. The Morgan fingerprint density at radius 2 is 2.15 bits per heavy atom. The molecule has 0 radical (unpaired) electrons. The molecule has 0 aliphatic heterocycles. The summed E-state index contributed by atoms with van der Waals surface area (Å²) in [5, 5.41) is 3.83. The van der Waals surface area contributed by atoms with Crippen LogP contribution in [0.1, 0.15) is 66.8 Å². The van der Waals surface area contributed by atoms with Crippen LogP contribution in [0.25, 0.3) is 0 Å². The Morgan fingerprint density at radius 3 is 2.70 bits per heavy atom. The van der Waals surface area contributed by atoms with Gasteiger partial charge in [-0.2, -0.15) is 0 Å². The molecule has 2 bridgehead atoms. The lowest BCUT2D eigenvalue weighted by Gasteiger charge is -2.27. The van der Waals surface area contributed by atoms with Gasteiger partial charge >= 0.3 is 0 Å². The summed E-state index contributed by atoms with van der Waals surface area (Å²) in [5.74, 6) is 3.11. The normalized spacial score (nSPS) is 30.1. The molecule has 2 aliphatic rings. The van der Waals surface area contributed by atoms with Crippen molar-refractivity contribution in [3.63, 3.8) is 0 Å². The highest BCUT2D eigenvalue weighted by Crippen LogP contribution is 2.51. The molecule has 0 spiro atoms. The molecular weight excluding hydrogens is 262 g/mol. The third-order valence-corrected chi connectivity index (χ3v) is 6.50. The fraction of sp³-hybridized carbons (Fsp3) is 0.778. The van der Waals surface area contributed by atoms with E-state index >= 15 is 0 Å². The van der Waals surface area contributed by atoms with Gasteiger partial charge in [-0.1, -0.05) is 13.3 Å². The minimum absolute atomic E-state index is 0.601. The average molecular weight is 292 g/mol. The second-order valence-corrected chi connectivity index (χ2v) is 8.51. The monoisotopic (exact) mass is 291 g/mol. The van der Waals surface area contributed by atoms with Crippen molar-refractivity contribution >= 4 is 11.3 Å². The van der Waals surface area contributed by atoms with Gasteiger partial charge in [0.15, 0.2) is 0 Å². The van der Waals surface area contributed by atoms with Crippen LogP contribution in [0.2, 0.25) is 0 Å². The Balaban J connectivity index is 1.71. The molecule has 3 rings (SSSR count). The molecule has 1 heterocycles. The van der Waals surface area contributed by atoms with Crippen LogP contribution >= 0.6 is 11.3 Å². The summed E-state index contributed by atoms with van der Waals surface area (Å²) >= 11 is 1.96. The van der Waals surface area contributed by atoms with E-state index < -0.39 is 0 Å². The Morgan fingerprint density at radius 1 is 1.30 bits per heavy atom. The zero-order valence-corrected chi connectivity index (χ0v) is 14.1. The number of aryl methyl sites for hydroxylation is 2. The number of thiophene rings is 1. The van der Waals surface area contributed by atoms with Crippen molar-refractivity contribution in [3.8, 4) is 0 Å². The highest BCUT2D eigenvalue weighted by molar-refractivity contribution is 7.12. The Hall–Kier alpha value is -0.340. The molecule has 2 heteroatoms. The average Bonchev–Trinajstić information content (AvgIpc) is 3.10. The summed E-state index contributed by atoms with van der Waals surface area (Å²) in [5.41, 5.74) is 1.59. The quantitative estimate of drug-likeness (QED) is 0.756. The van der Waals surface area contributed by atoms with Gasteiger partial charge in [0.25, 0.3) is 0 Å². The number of hydrogen-bond donors (Lipinski definition) is 1. The predicted molar refractivity (Wildman–Crippen MR) is 88.4 cm³/mol. The second kappa shape index (κ2) is 6.19. The van der Waals surface area contributed by atoms with Crippen LogP contribution in [0, 0.1) is 31.6 Å². The molecule has 2 aliphatic carbocycles. The maximum absolute atomic E-state index is 3.83. The van der Waals surface area contributed by atoms with Crippen molar-refractivity contribution in [1.82, 2.24) is 5.32 Å². The van der Waals surface area contributed by atoms with Crippen LogP contribution in [0.15, 0.2) is 6.07 Å². The van der Waals surface area contributed by atoms with Crippen LogP contribution < -0.4 is 5.32 Å². The molecule has 112 valence electrons. The van der Waals surface area contributed by atoms with E-state index in [4.69, 9.17) is 0 Å². The third kappa shape index (κ3) is 2.96. The summed E-state index contributed by atoms with van der Waals surface area (Å²) in [6.07, 6.45) is 8.68. The van der Waals surface area contributed by atoms with Gasteiger partial charge in [0.1, 0.15) is 0 Å². The molecule has 20 heavy (non-hydrogen) atoms. The Labute approximate surface area is 128 Å². The fourth-order valence-corrected chi connectivity index (χ4v) is 5.59. The van der Waals surface area contributed by atoms with Crippen molar-refractivity contribution in [2.75, 3.05) is 6.54 Å². The fourth-order valence-electron chi connectivity index (χ4n) is 4.60. The molecule has 1 nitrogen and oxygen atoms in total. The second-order valence-electron chi connectivity index (χ2n) is 7.05. The van der Waals surface area contributed by atoms with Gasteiger partial charge in [-0.25, -0.2) is 0 Å². The SMILES string of the molecule is CCCNC(CC1CC2CCC1C2)c1cc(C)sc1C. The highest BCUT2D eigenvalue weighted by atomic mass is 32.1. The van der Waals surface area contributed by atoms with Gasteiger partial charge in [0.2, 0.25) is 0 Å². The van der Waals surface area contributed by atoms with E-state index in [1.165, 1.54) is 48.3 Å². The highest BCUT2D eigenvalue weighted by Gasteiger charge is 2.40. The van der Waals surface area contributed by atoms with Crippen molar-refractivity contribution in [1.29, 1.82) is 0 Å². The number of rotatable bonds is 6. The molecule has 0 amide bonds. The topological polar surface area (TPSA) is 12.0 Å². The van der Waals surface area contributed by atoms with Gasteiger partial charge in [0, 0.05) is 15.8 Å². The van der Waals surface area contributed by atoms with E-state index in [0.717, 1.165) is 24.3 Å². The number of nitrogens with one attached hydrogen (secondary N) is 1. The first kappa shape index (κ1) is 14.6. The summed E-state index contributed by atoms with van der Waals surface area (Å²) in [6.45, 7) is 7.97. The van der Waals surface area contributed by atoms with Crippen LogP contribution in [0.3, 0.4) is 0 Å². The smallest absolute Gasteiger partial charge is 0.0333 e. The van der Waals surface area contributed by atoms with E-state index in [2.05, 4.69) is 32.2 Å². The lowest BCUT2D eigenvalue weighted by molar-refractivity contribution is 0.279. The zero-order valence-electron chi connectivity index (χ0n) is 13.2. The van der Waals surface area contributed by atoms with Gasteiger partial charge in [-0.15, -0.1) is 11.3 Å². The first-order chi connectivity index (χ1) is 9.67. The van der Waals surface area contributed by atoms with Crippen molar-refractivity contribution in [2.45, 2.75) is 65.3 Å². The largest absolute Gasteiger partial charge is 0.310 e. The van der Waals surface area contributed by atoms with Gasteiger partial charge in [0.05, 0.1) is 0 Å². The van der Waals surface area contributed by atoms with E-state index in [1.807, 2.05) is 11.3 Å². The zero-order chi connectivity index (χ0) is 14.1. The van der Waals surface area contributed by atoms with Gasteiger partial charge in [-0.05, 0) is 81.9 Å². The maximum atomic E-state index is 3.83. The molecule has 2 saturated carbocycles. The molecule has 1 aromatic heterocycles. The molecular formula is C18H29NS. The minimum Gasteiger partial charge on any atom is -0.310 e. The van der Waals surface area contributed by atoms with Crippen LogP contribution in [-0.2, 0) is 0 Å². The summed E-state index contributed by atoms with van der Waals surface area (Å²) in [4.78, 5) is 2.99. The molecule has 2 fully saturated rings. The predicted octanol–water partition coefficient (Wildman–Crippen LogP) is 5.23. The van der Waals surface area contributed by atoms with E-state index in [1.54, 1.807) is 5.56 Å². The Bertz CT molecular complexity index is 450. The summed E-state index contributed by atoms with van der Waals surface area (Å²) < 4.78 is 0. The number of hydrogen-bond acceptors (Lipinski definition) is 2. The summed E-state index contributed by atoms with van der Waals surface area (Å²) in [6, 6.07) is 3.03. The number of fused-ring (bicyclic) bond motifs is 2. The van der Waals surface area contributed by atoms with Crippen molar-refractivity contribution < 1.29 is 0 Å². The molecule has 4 atom stereocenters. The first-order valence-corrected chi connectivity index (χ1v) is 9.29. The van der Waals surface area contributed by atoms with E-state index in [0.29, 0.717) is 6.04 Å². The lowest BCUT2D eigenvalue weighted by atomic mass is 9.82. The molecule has 1 aromatic rings. The molecule has 4 unspecified atom stereocenters. The molecule has 0 aromatic carbocycles. The maximum Gasteiger partial charge on any atom is 0.0333 e. The van der Waals surface area contributed by atoms with Gasteiger partial charge < -0.3 is 5.32 Å². The molecule has 0 saturated heterocycles. The minimum atomic E-state index is 0.601. The van der Waals surface area contributed by atoms with Crippen molar-refractivity contribution in [3.05, 3.63) is 21.4 Å². The van der Waals surface area contributed by atoms with E-state index in [-0.39, 0.29) is 0 Å². The van der Waals surface area contributed by atoms with Crippen molar-refractivity contribution in [2.24, 2.45) is 17.8 Å². The van der Waals surface area contributed by atoms with Crippen LogP contribution in [0.4, 0.5) is 0 Å². The van der Waals surface area contributed by atoms with Crippen LogP contribution in [0.5, 0.6) is 0 Å². The Kier molecular flexibility index (Phi) is 4.52. The third-order valence-electron chi connectivity index (χ3n) is 5.52. The molecule has 1 N–H and O–H groups in total.